The topological polar surface area (TPSA) is 92.7 Å². The number of aryl methyl sites for hydroxylation is 3. The van der Waals surface area contributed by atoms with Gasteiger partial charge in [0.05, 0.1) is 0 Å². The van der Waals surface area contributed by atoms with Crippen LogP contribution in [0.25, 0.3) is 0 Å². The van der Waals surface area contributed by atoms with Crippen LogP contribution in [0.5, 0.6) is 11.5 Å². The van der Waals surface area contributed by atoms with E-state index in [0.717, 1.165) is 16.7 Å². The zero-order valence-corrected chi connectivity index (χ0v) is 21.6. The van der Waals surface area contributed by atoms with E-state index in [4.69, 9.17) is 9.05 Å². The predicted molar refractivity (Wildman–Crippen MR) is 116 cm³/mol. The molecule has 0 aliphatic carbocycles. The first-order valence-corrected chi connectivity index (χ1v) is 11.1. The standard InChI is InChI=1S/C24H23O6P.Na/c1-15-12-16(2)23(17(3)13-15)24(26)20-6-5-7-22(14-20)30-31(27,28)29-21-10-8-19(9-11-21)18(4)25;/h5-14H,1-4H3,(H,27,28);/q;+1/p-1. The quantitative estimate of drug-likeness (QED) is 0.304. The molecule has 0 heterocycles. The number of ketones is 2. The minimum Gasteiger partial charge on any atom is -0.736 e. The Morgan fingerprint density at radius 2 is 1.38 bits per heavy atom. The molecule has 3 aromatic carbocycles. The van der Waals surface area contributed by atoms with Gasteiger partial charge in [0.2, 0.25) is 0 Å². The molecule has 6 nitrogen and oxygen atoms in total. The monoisotopic (exact) mass is 460 g/mol. The molecule has 1 atom stereocenters. The predicted octanol–water partition coefficient (Wildman–Crippen LogP) is 1.98. The average molecular weight is 460 g/mol. The van der Waals surface area contributed by atoms with Crippen molar-refractivity contribution in [2.75, 3.05) is 0 Å². The van der Waals surface area contributed by atoms with E-state index < -0.39 is 7.82 Å². The van der Waals surface area contributed by atoms with Crippen LogP contribution < -0.4 is 43.5 Å². The van der Waals surface area contributed by atoms with Crippen LogP contribution in [-0.2, 0) is 4.57 Å². The minimum atomic E-state index is -4.77. The maximum Gasteiger partial charge on any atom is 1.00 e. The first-order valence-electron chi connectivity index (χ1n) is 9.59. The fraction of sp³-hybridized carbons (Fsp3) is 0.167. The van der Waals surface area contributed by atoms with E-state index in [1.807, 2.05) is 32.9 Å². The molecule has 0 amide bonds. The Balaban J connectivity index is 0.00000363. The minimum absolute atomic E-state index is 0. The normalized spacial score (nSPS) is 12.3. The Hall–Kier alpha value is -2.21. The molecule has 0 aromatic heterocycles. The molecule has 3 rings (SSSR count). The van der Waals surface area contributed by atoms with Crippen LogP contribution in [0.4, 0.5) is 0 Å². The third-order valence-corrected chi connectivity index (χ3v) is 5.56. The SMILES string of the molecule is CC(=O)c1ccc(OP(=O)([O-])Oc2cccc(C(=O)c3c(C)cc(C)cc3C)c2)cc1.[Na+]. The molecule has 0 aliphatic rings. The number of hydrogen-bond donors (Lipinski definition) is 0. The Morgan fingerprint density at radius 3 is 1.94 bits per heavy atom. The number of hydrogen-bond acceptors (Lipinski definition) is 6. The van der Waals surface area contributed by atoms with Gasteiger partial charge in [-0.25, -0.2) is 4.57 Å². The van der Waals surface area contributed by atoms with E-state index in [0.29, 0.717) is 16.7 Å². The molecular formula is C24H22NaO6P. The number of carbonyl (C=O) groups excluding carboxylic acids is 2. The second-order valence-corrected chi connectivity index (χ2v) is 8.60. The van der Waals surface area contributed by atoms with Gasteiger partial charge in [0, 0.05) is 16.7 Å². The van der Waals surface area contributed by atoms with E-state index in [1.165, 1.54) is 43.3 Å². The maximum absolute atomic E-state index is 13.0. The Morgan fingerprint density at radius 1 is 0.812 bits per heavy atom. The molecule has 8 heteroatoms. The Bertz CT molecular complexity index is 1180. The zero-order valence-electron chi connectivity index (χ0n) is 18.7. The van der Waals surface area contributed by atoms with Crippen molar-refractivity contribution in [1.29, 1.82) is 0 Å². The molecule has 3 aromatic rings. The maximum atomic E-state index is 13.0. The number of benzene rings is 3. The molecule has 160 valence electrons. The summed E-state index contributed by atoms with van der Waals surface area (Å²) in [6, 6.07) is 15.5. The van der Waals surface area contributed by atoms with Gasteiger partial charge < -0.3 is 13.9 Å². The number of rotatable bonds is 7. The molecule has 0 fully saturated rings. The summed E-state index contributed by atoms with van der Waals surface area (Å²) >= 11 is 0. The number of phosphoric acid groups is 1. The molecule has 0 spiro atoms. The van der Waals surface area contributed by atoms with Crippen molar-refractivity contribution >= 4 is 19.4 Å². The van der Waals surface area contributed by atoms with Gasteiger partial charge in [0.15, 0.2) is 11.6 Å². The summed E-state index contributed by atoms with van der Waals surface area (Å²) < 4.78 is 22.3. The molecule has 32 heavy (non-hydrogen) atoms. The Labute approximate surface area is 209 Å². The van der Waals surface area contributed by atoms with Gasteiger partial charge in [-0.05, 0) is 75.2 Å². The summed E-state index contributed by atoms with van der Waals surface area (Å²) in [6.07, 6.45) is 0. The van der Waals surface area contributed by atoms with Gasteiger partial charge in [-0.1, -0.05) is 29.8 Å². The van der Waals surface area contributed by atoms with E-state index in [2.05, 4.69) is 0 Å². The molecule has 0 saturated carbocycles. The molecule has 0 bridgehead atoms. The van der Waals surface area contributed by atoms with Crippen molar-refractivity contribution in [3.8, 4) is 11.5 Å². The summed E-state index contributed by atoms with van der Waals surface area (Å²) in [5.41, 5.74) is 4.07. The van der Waals surface area contributed by atoms with E-state index >= 15 is 0 Å². The van der Waals surface area contributed by atoms with Gasteiger partial charge >= 0.3 is 37.4 Å². The van der Waals surface area contributed by atoms with Crippen molar-refractivity contribution < 1.29 is 57.7 Å². The number of Topliss-reactive ketones (excluding diaryl/α,β-unsaturated/α-hetero) is 1. The fourth-order valence-corrected chi connectivity index (χ4v) is 4.19. The largest absolute Gasteiger partial charge is 1.00 e. The second-order valence-electron chi connectivity index (χ2n) is 7.34. The summed E-state index contributed by atoms with van der Waals surface area (Å²) in [5.74, 6) is -0.385. The first kappa shape index (κ1) is 26.0. The number of carbonyl (C=O) groups is 2. The van der Waals surface area contributed by atoms with Crippen molar-refractivity contribution in [2.24, 2.45) is 0 Å². The van der Waals surface area contributed by atoms with Crippen LogP contribution in [0.3, 0.4) is 0 Å². The second kappa shape index (κ2) is 10.6. The van der Waals surface area contributed by atoms with Crippen LogP contribution >= 0.6 is 7.82 Å². The van der Waals surface area contributed by atoms with E-state index in [9.17, 15) is 19.0 Å². The molecular weight excluding hydrogens is 438 g/mol. The first-order chi connectivity index (χ1) is 14.6. The third-order valence-electron chi connectivity index (χ3n) is 4.70. The smallest absolute Gasteiger partial charge is 0.736 e. The Kier molecular flexibility index (Phi) is 8.63. The number of phosphoric ester groups is 1. The van der Waals surface area contributed by atoms with Gasteiger partial charge in [-0.3, -0.25) is 9.59 Å². The zero-order chi connectivity index (χ0) is 22.8. The van der Waals surface area contributed by atoms with Gasteiger partial charge in [0.25, 0.3) is 0 Å². The summed E-state index contributed by atoms with van der Waals surface area (Å²) in [4.78, 5) is 36.7. The summed E-state index contributed by atoms with van der Waals surface area (Å²) in [5, 5.41) is 0. The van der Waals surface area contributed by atoms with Crippen molar-refractivity contribution in [1.82, 2.24) is 0 Å². The van der Waals surface area contributed by atoms with E-state index in [-0.39, 0.29) is 52.6 Å². The fourth-order valence-electron chi connectivity index (χ4n) is 3.40. The molecule has 0 radical (unpaired) electrons. The van der Waals surface area contributed by atoms with Gasteiger partial charge in [-0.15, -0.1) is 0 Å². The third kappa shape index (κ3) is 6.41. The molecule has 0 saturated heterocycles. The van der Waals surface area contributed by atoms with Crippen molar-refractivity contribution in [3.63, 3.8) is 0 Å². The molecule has 1 unspecified atom stereocenters. The summed E-state index contributed by atoms with van der Waals surface area (Å²) in [6.45, 7) is 7.10. The molecule has 0 N–H and O–H groups in total. The molecule has 0 aliphatic heterocycles. The van der Waals surface area contributed by atoms with Crippen LogP contribution in [0.2, 0.25) is 0 Å². The summed E-state index contributed by atoms with van der Waals surface area (Å²) in [7, 11) is -4.77. The van der Waals surface area contributed by atoms with Gasteiger partial charge in [-0.2, -0.15) is 0 Å². The van der Waals surface area contributed by atoms with E-state index in [1.54, 1.807) is 12.1 Å². The average Bonchev–Trinajstić information content (AvgIpc) is 2.67. The van der Waals surface area contributed by atoms with Crippen LogP contribution in [0.15, 0.2) is 60.7 Å². The van der Waals surface area contributed by atoms with Crippen molar-refractivity contribution in [3.05, 3.63) is 94.0 Å². The van der Waals surface area contributed by atoms with Gasteiger partial charge in [0.1, 0.15) is 11.5 Å². The van der Waals surface area contributed by atoms with Crippen molar-refractivity contribution in [2.45, 2.75) is 27.7 Å². The van der Waals surface area contributed by atoms with Crippen LogP contribution in [-0.4, -0.2) is 11.6 Å². The van der Waals surface area contributed by atoms with Crippen LogP contribution in [0.1, 0.15) is 49.9 Å². The van der Waals surface area contributed by atoms with Crippen LogP contribution in [0, 0.1) is 20.8 Å².